The number of ketones is 1. The summed E-state index contributed by atoms with van der Waals surface area (Å²) in [6.45, 7) is 0. The van der Waals surface area contributed by atoms with Gasteiger partial charge >= 0.3 is 0 Å². The highest BCUT2D eigenvalue weighted by atomic mass is 16.1. The van der Waals surface area contributed by atoms with E-state index in [-0.39, 0.29) is 11.7 Å². The zero-order valence-corrected chi connectivity index (χ0v) is 24.0. The van der Waals surface area contributed by atoms with Crippen LogP contribution in [-0.2, 0) is 0 Å². The maximum absolute atomic E-state index is 14.7. The van der Waals surface area contributed by atoms with Crippen molar-refractivity contribution in [3.05, 3.63) is 168 Å². The Kier molecular flexibility index (Phi) is 5.48. The maximum Gasteiger partial charge on any atom is 0.166 e. The molecule has 1 atom stereocenters. The standard InChI is InChI=1S/C41H28N2O/c44-39-26-33(27-14-4-1-5-15-27)30-20-10-11-22-32(30)41-40(39)35-25-37-34(24-38(35)43(41)29-18-8-3-9-19-29)31-21-12-13-23-36(31)42(37)28-16-6-2-7-17-28/h1-25,33H,26H2. The fourth-order valence-electron chi connectivity index (χ4n) is 7.38. The predicted octanol–water partition coefficient (Wildman–Crippen LogP) is 10.1. The quantitative estimate of drug-likeness (QED) is 0.210. The van der Waals surface area contributed by atoms with Crippen molar-refractivity contribution in [2.45, 2.75) is 12.3 Å². The van der Waals surface area contributed by atoms with Gasteiger partial charge in [0.1, 0.15) is 0 Å². The number of hydrogen-bond acceptors (Lipinski definition) is 1. The molecule has 2 aromatic heterocycles. The van der Waals surface area contributed by atoms with Gasteiger partial charge in [0.25, 0.3) is 0 Å². The minimum absolute atomic E-state index is 0.0222. The molecule has 9 rings (SSSR count). The van der Waals surface area contributed by atoms with Crippen molar-refractivity contribution in [2.24, 2.45) is 0 Å². The molecule has 1 aliphatic rings. The summed E-state index contributed by atoms with van der Waals surface area (Å²) in [5, 5.41) is 3.36. The Morgan fingerprint density at radius 1 is 0.500 bits per heavy atom. The van der Waals surface area contributed by atoms with E-state index in [0.717, 1.165) is 50.1 Å². The molecule has 2 heterocycles. The van der Waals surface area contributed by atoms with E-state index in [9.17, 15) is 4.79 Å². The topological polar surface area (TPSA) is 26.9 Å². The van der Waals surface area contributed by atoms with Gasteiger partial charge in [-0.05, 0) is 53.6 Å². The summed E-state index contributed by atoms with van der Waals surface area (Å²) < 4.78 is 4.65. The van der Waals surface area contributed by atoms with Gasteiger partial charge < -0.3 is 9.13 Å². The molecule has 6 aromatic carbocycles. The smallest absolute Gasteiger partial charge is 0.166 e. The number of nitrogens with zero attached hydrogens (tertiary/aromatic N) is 2. The second-order valence-electron chi connectivity index (χ2n) is 11.6. The molecule has 3 nitrogen and oxygen atoms in total. The van der Waals surface area contributed by atoms with Crippen LogP contribution in [0.1, 0.15) is 33.8 Å². The normalized spacial score (nSPS) is 14.5. The molecule has 0 saturated heterocycles. The molecule has 0 radical (unpaired) electrons. The van der Waals surface area contributed by atoms with Crippen molar-refractivity contribution < 1.29 is 4.79 Å². The molecule has 0 bridgehead atoms. The van der Waals surface area contributed by atoms with Gasteiger partial charge in [0.2, 0.25) is 0 Å². The van der Waals surface area contributed by atoms with Crippen molar-refractivity contribution in [2.75, 3.05) is 0 Å². The summed E-state index contributed by atoms with van der Waals surface area (Å²) in [6.07, 6.45) is 0.418. The van der Waals surface area contributed by atoms with E-state index in [2.05, 4.69) is 149 Å². The molecule has 1 aliphatic carbocycles. The summed E-state index contributed by atoms with van der Waals surface area (Å²) in [6, 6.07) is 53.2. The van der Waals surface area contributed by atoms with E-state index >= 15 is 0 Å². The zero-order chi connectivity index (χ0) is 29.2. The Bertz CT molecular complexity index is 2360. The van der Waals surface area contributed by atoms with Crippen molar-refractivity contribution >= 4 is 38.5 Å². The van der Waals surface area contributed by atoms with Crippen LogP contribution in [0, 0.1) is 0 Å². The van der Waals surface area contributed by atoms with Crippen molar-refractivity contribution in [1.29, 1.82) is 0 Å². The summed E-state index contributed by atoms with van der Waals surface area (Å²) in [5.74, 6) is 0.150. The first-order valence-electron chi connectivity index (χ1n) is 15.2. The van der Waals surface area contributed by atoms with Crippen molar-refractivity contribution in [1.82, 2.24) is 9.13 Å². The SMILES string of the molecule is O=C1CC(c2ccccc2)c2ccccc2-c2c1c1cc3c(cc1n2-c1ccccc1)c1ccccc1n3-c1ccccc1. The average molecular weight is 565 g/mol. The second kappa shape index (κ2) is 9.68. The van der Waals surface area contributed by atoms with Crippen LogP contribution in [0.25, 0.3) is 55.3 Å². The Morgan fingerprint density at radius 2 is 1.07 bits per heavy atom. The lowest BCUT2D eigenvalue weighted by Crippen LogP contribution is -2.07. The molecule has 0 fully saturated rings. The van der Waals surface area contributed by atoms with E-state index in [1.54, 1.807) is 0 Å². The molecule has 1 unspecified atom stereocenters. The third-order valence-corrected chi connectivity index (χ3v) is 9.25. The number of benzene rings is 6. The monoisotopic (exact) mass is 564 g/mol. The molecule has 3 heteroatoms. The minimum atomic E-state index is -0.0222. The average Bonchev–Trinajstić information content (AvgIpc) is 3.55. The lowest BCUT2D eigenvalue weighted by Gasteiger charge is -2.19. The highest BCUT2D eigenvalue weighted by Gasteiger charge is 2.34. The summed E-state index contributed by atoms with van der Waals surface area (Å²) in [4.78, 5) is 14.7. The number of para-hydroxylation sites is 3. The molecule has 208 valence electrons. The number of fused-ring (bicyclic) bond motifs is 8. The molecule has 0 amide bonds. The van der Waals surface area contributed by atoms with Crippen LogP contribution >= 0.6 is 0 Å². The van der Waals surface area contributed by atoms with Crippen LogP contribution in [0.15, 0.2) is 152 Å². The fourth-order valence-corrected chi connectivity index (χ4v) is 7.38. The summed E-state index contributed by atoms with van der Waals surface area (Å²) in [5.41, 5.74) is 10.7. The largest absolute Gasteiger partial charge is 0.309 e. The molecular weight excluding hydrogens is 536 g/mol. The number of carbonyl (C=O) groups excluding carboxylic acids is 1. The third-order valence-electron chi connectivity index (χ3n) is 9.25. The molecule has 0 spiro atoms. The first kappa shape index (κ1) is 24.9. The van der Waals surface area contributed by atoms with E-state index in [4.69, 9.17) is 0 Å². The number of Topliss-reactive ketones (excluding diaryl/α,β-unsaturated/α-hetero) is 1. The van der Waals surface area contributed by atoms with Gasteiger partial charge in [0, 0.05) is 45.4 Å². The molecule has 0 saturated carbocycles. The summed E-state index contributed by atoms with van der Waals surface area (Å²) >= 11 is 0. The van der Waals surface area contributed by atoms with Crippen LogP contribution < -0.4 is 0 Å². The fraction of sp³-hybridized carbons (Fsp3) is 0.0488. The highest BCUT2D eigenvalue weighted by Crippen LogP contribution is 2.47. The number of rotatable bonds is 3. The molecule has 44 heavy (non-hydrogen) atoms. The molecular formula is C41H28N2O. The Balaban J connectivity index is 1.45. The van der Waals surface area contributed by atoms with Crippen LogP contribution in [-0.4, -0.2) is 14.9 Å². The van der Waals surface area contributed by atoms with Gasteiger partial charge in [-0.2, -0.15) is 0 Å². The van der Waals surface area contributed by atoms with Crippen LogP contribution in [0.2, 0.25) is 0 Å². The van der Waals surface area contributed by atoms with E-state index in [0.29, 0.717) is 6.42 Å². The van der Waals surface area contributed by atoms with Gasteiger partial charge in [0.15, 0.2) is 5.78 Å². The van der Waals surface area contributed by atoms with Gasteiger partial charge in [-0.3, -0.25) is 4.79 Å². The third kappa shape index (κ3) is 3.59. The Morgan fingerprint density at radius 3 is 1.82 bits per heavy atom. The van der Waals surface area contributed by atoms with Crippen LogP contribution in [0.3, 0.4) is 0 Å². The van der Waals surface area contributed by atoms with Gasteiger partial charge in [0.05, 0.1) is 27.8 Å². The lowest BCUT2D eigenvalue weighted by molar-refractivity contribution is 0.0981. The highest BCUT2D eigenvalue weighted by molar-refractivity contribution is 6.20. The van der Waals surface area contributed by atoms with Gasteiger partial charge in [-0.15, -0.1) is 0 Å². The van der Waals surface area contributed by atoms with Gasteiger partial charge in [-0.25, -0.2) is 0 Å². The maximum atomic E-state index is 14.7. The first-order chi connectivity index (χ1) is 21.8. The minimum Gasteiger partial charge on any atom is -0.309 e. The number of carbonyl (C=O) groups is 1. The first-order valence-corrected chi connectivity index (χ1v) is 15.2. The molecule has 8 aromatic rings. The summed E-state index contributed by atoms with van der Waals surface area (Å²) in [7, 11) is 0. The zero-order valence-electron chi connectivity index (χ0n) is 24.0. The van der Waals surface area contributed by atoms with Gasteiger partial charge in [-0.1, -0.05) is 109 Å². The molecule has 0 N–H and O–H groups in total. The van der Waals surface area contributed by atoms with Crippen molar-refractivity contribution in [3.63, 3.8) is 0 Å². The second-order valence-corrected chi connectivity index (χ2v) is 11.6. The van der Waals surface area contributed by atoms with E-state index < -0.39 is 0 Å². The van der Waals surface area contributed by atoms with Crippen LogP contribution in [0.5, 0.6) is 0 Å². The Labute approximate surface area is 255 Å². The number of hydrogen-bond donors (Lipinski definition) is 0. The van der Waals surface area contributed by atoms with E-state index in [1.165, 1.54) is 21.9 Å². The molecule has 0 aliphatic heterocycles. The van der Waals surface area contributed by atoms with Crippen LogP contribution in [0.4, 0.5) is 0 Å². The Hall–Kier alpha value is -5.67. The van der Waals surface area contributed by atoms with E-state index in [1.807, 2.05) is 12.1 Å². The van der Waals surface area contributed by atoms with Crippen molar-refractivity contribution in [3.8, 4) is 22.6 Å². The predicted molar refractivity (Wildman–Crippen MR) is 180 cm³/mol. The lowest BCUT2D eigenvalue weighted by atomic mass is 9.86. The number of aromatic nitrogens is 2.